The Bertz CT molecular complexity index is 1340. The van der Waals surface area contributed by atoms with Crippen molar-refractivity contribution in [2.75, 3.05) is 12.4 Å². The predicted molar refractivity (Wildman–Crippen MR) is 151 cm³/mol. The fraction of sp³-hybridized carbons (Fsp3) is 0.345. The van der Waals surface area contributed by atoms with Gasteiger partial charge in [-0.15, -0.1) is 0 Å². The SMILES string of the molecule is CCC1SC(=O)N(Cc2ccc(NC(=O)c3cnccn3)cc2)N=C1c1ccc(OC)c(OC2CCCC2)c1. The number of aromatic nitrogens is 2. The highest BCUT2D eigenvalue weighted by Gasteiger charge is 2.31. The number of amides is 2. The molecule has 5 rings (SSSR count). The van der Waals surface area contributed by atoms with Gasteiger partial charge in [0.15, 0.2) is 11.5 Å². The Kier molecular flexibility index (Phi) is 8.41. The van der Waals surface area contributed by atoms with Crippen molar-refractivity contribution in [3.05, 3.63) is 77.9 Å². The molecule has 202 valence electrons. The summed E-state index contributed by atoms with van der Waals surface area (Å²) in [6.07, 6.45) is 9.83. The number of nitrogens with zero attached hydrogens (tertiary/aromatic N) is 4. The maximum absolute atomic E-state index is 13.0. The number of methoxy groups -OCH3 is 1. The highest BCUT2D eigenvalue weighted by molar-refractivity contribution is 8.14. The first-order valence-electron chi connectivity index (χ1n) is 13.1. The Balaban J connectivity index is 1.33. The summed E-state index contributed by atoms with van der Waals surface area (Å²) in [5.74, 6) is 1.07. The van der Waals surface area contributed by atoms with Crippen LogP contribution in [0.25, 0.3) is 0 Å². The third-order valence-electron chi connectivity index (χ3n) is 6.75. The smallest absolute Gasteiger partial charge is 0.302 e. The number of nitrogens with one attached hydrogen (secondary N) is 1. The maximum Gasteiger partial charge on any atom is 0.302 e. The minimum absolute atomic E-state index is 0.0554. The summed E-state index contributed by atoms with van der Waals surface area (Å²) in [5, 5.41) is 8.97. The normalized spacial score (nSPS) is 17.6. The number of thioether (sulfide) groups is 1. The van der Waals surface area contributed by atoms with E-state index in [1.807, 2.05) is 30.3 Å². The minimum atomic E-state index is -0.339. The first-order valence-corrected chi connectivity index (χ1v) is 14.0. The van der Waals surface area contributed by atoms with Crippen molar-refractivity contribution in [2.24, 2.45) is 5.10 Å². The van der Waals surface area contributed by atoms with Crippen LogP contribution in [-0.2, 0) is 6.54 Å². The van der Waals surface area contributed by atoms with Gasteiger partial charge in [-0.25, -0.2) is 9.99 Å². The fourth-order valence-corrected chi connectivity index (χ4v) is 5.62. The van der Waals surface area contributed by atoms with Crippen molar-refractivity contribution < 1.29 is 19.1 Å². The molecule has 1 unspecified atom stereocenters. The first kappa shape index (κ1) is 26.7. The van der Waals surface area contributed by atoms with E-state index in [9.17, 15) is 9.59 Å². The molecule has 0 saturated heterocycles. The molecule has 2 heterocycles. The molecule has 10 heteroatoms. The highest BCUT2D eigenvalue weighted by atomic mass is 32.2. The van der Waals surface area contributed by atoms with Crippen LogP contribution < -0.4 is 14.8 Å². The summed E-state index contributed by atoms with van der Waals surface area (Å²) in [6.45, 7) is 2.37. The van der Waals surface area contributed by atoms with Crippen molar-refractivity contribution in [2.45, 2.75) is 56.9 Å². The van der Waals surface area contributed by atoms with E-state index in [0.717, 1.165) is 36.1 Å². The van der Waals surface area contributed by atoms with Gasteiger partial charge in [-0.3, -0.25) is 14.6 Å². The second kappa shape index (κ2) is 12.3. The van der Waals surface area contributed by atoms with Crippen LogP contribution in [0, 0.1) is 0 Å². The molecule has 2 aromatic carbocycles. The zero-order valence-corrected chi connectivity index (χ0v) is 22.8. The molecule has 1 atom stereocenters. The Morgan fingerprint density at radius 2 is 1.90 bits per heavy atom. The van der Waals surface area contributed by atoms with E-state index in [-0.39, 0.29) is 28.2 Å². The number of anilines is 1. The molecule has 1 aliphatic carbocycles. The predicted octanol–water partition coefficient (Wildman–Crippen LogP) is 5.91. The van der Waals surface area contributed by atoms with Crippen LogP contribution in [0.15, 0.2) is 66.2 Å². The van der Waals surface area contributed by atoms with E-state index >= 15 is 0 Å². The summed E-state index contributed by atoms with van der Waals surface area (Å²) >= 11 is 1.29. The van der Waals surface area contributed by atoms with Crippen molar-refractivity contribution >= 4 is 34.3 Å². The lowest BCUT2D eigenvalue weighted by Gasteiger charge is -2.29. The molecule has 1 fully saturated rings. The van der Waals surface area contributed by atoms with Gasteiger partial charge in [-0.1, -0.05) is 30.8 Å². The lowest BCUT2D eigenvalue weighted by atomic mass is 10.0. The monoisotopic (exact) mass is 545 g/mol. The summed E-state index contributed by atoms with van der Waals surface area (Å²) in [4.78, 5) is 33.3. The molecule has 2 aliphatic rings. The molecule has 2 amide bonds. The topological polar surface area (TPSA) is 106 Å². The third kappa shape index (κ3) is 6.39. The number of carbonyl (C=O) groups excluding carboxylic acids is 2. The third-order valence-corrected chi connectivity index (χ3v) is 8.01. The second-order valence-corrected chi connectivity index (χ2v) is 10.6. The van der Waals surface area contributed by atoms with Crippen LogP contribution in [0.2, 0.25) is 0 Å². The van der Waals surface area contributed by atoms with Gasteiger partial charge in [0.25, 0.3) is 5.91 Å². The molecule has 39 heavy (non-hydrogen) atoms. The van der Waals surface area contributed by atoms with Gasteiger partial charge in [0, 0.05) is 23.6 Å². The Morgan fingerprint density at radius 1 is 1.10 bits per heavy atom. The Hall–Kier alpha value is -3.92. The summed E-state index contributed by atoms with van der Waals surface area (Å²) in [6, 6.07) is 13.2. The maximum atomic E-state index is 13.0. The quantitative estimate of drug-likeness (QED) is 0.356. The molecule has 1 aliphatic heterocycles. The lowest BCUT2D eigenvalue weighted by Crippen LogP contribution is -2.34. The number of rotatable bonds is 9. The van der Waals surface area contributed by atoms with E-state index in [0.29, 0.717) is 23.7 Å². The van der Waals surface area contributed by atoms with Crippen molar-refractivity contribution in [3.8, 4) is 11.5 Å². The van der Waals surface area contributed by atoms with Crippen LogP contribution in [-0.4, -0.2) is 50.3 Å². The van der Waals surface area contributed by atoms with Gasteiger partial charge in [-0.2, -0.15) is 5.10 Å². The van der Waals surface area contributed by atoms with Crippen LogP contribution in [0.3, 0.4) is 0 Å². The number of carbonyl (C=O) groups is 2. The fourth-order valence-electron chi connectivity index (χ4n) is 4.69. The van der Waals surface area contributed by atoms with Crippen molar-refractivity contribution in [1.29, 1.82) is 0 Å². The van der Waals surface area contributed by atoms with Crippen LogP contribution in [0.5, 0.6) is 11.5 Å². The molecule has 9 nitrogen and oxygen atoms in total. The lowest BCUT2D eigenvalue weighted by molar-refractivity contribution is 0.102. The zero-order valence-electron chi connectivity index (χ0n) is 22.0. The average molecular weight is 546 g/mol. The minimum Gasteiger partial charge on any atom is -0.493 e. The van der Waals surface area contributed by atoms with Crippen LogP contribution in [0.4, 0.5) is 10.5 Å². The van der Waals surface area contributed by atoms with Gasteiger partial charge in [-0.05, 0) is 68.0 Å². The number of ether oxygens (including phenoxy) is 2. The summed E-state index contributed by atoms with van der Waals surface area (Å²) in [5.41, 5.74) is 3.51. The van der Waals surface area contributed by atoms with Gasteiger partial charge >= 0.3 is 5.24 Å². The zero-order chi connectivity index (χ0) is 27.2. The molecule has 0 radical (unpaired) electrons. The van der Waals surface area contributed by atoms with Crippen molar-refractivity contribution in [3.63, 3.8) is 0 Å². The average Bonchev–Trinajstić information content (AvgIpc) is 3.48. The molecular weight excluding hydrogens is 514 g/mol. The van der Waals surface area contributed by atoms with E-state index in [1.54, 1.807) is 19.2 Å². The van der Waals surface area contributed by atoms with Gasteiger partial charge in [0.1, 0.15) is 5.69 Å². The number of benzene rings is 2. The van der Waals surface area contributed by atoms with Crippen LogP contribution in [0.1, 0.15) is 60.6 Å². The molecule has 1 aromatic heterocycles. The first-order chi connectivity index (χ1) is 19.0. The highest BCUT2D eigenvalue weighted by Crippen LogP contribution is 2.36. The molecule has 0 bridgehead atoms. The Morgan fingerprint density at radius 3 is 2.59 bits per heavy atom. The van der Waals surface area contributed by atoms with Crippen LogP contribution >= 0.6 is 11.8 Å². The van der Waals surface area contributed by atoms with E-state index < -0.39 is 0 Å². The van der Waals surface area contributed by atoms with E-state index in [2.05, 4.69) is 22.2 Å². The summed E-state index contributed by atoms with van der Waals surface area (Å²) in [7, 11) is 1.65. The molecule has 1 N–H and O–H groups in total. The second-order valence-electron chi connectivity index (χ2n) is 9.46. The van der Waals surface area contributed by atoms with Gasteiger partial charge in [0.05, 0.1) is 36.9 Å². The standard InChI is InChI=1S/C29H31N5O4S/c1-3-26-27(20-10-13-24(37-2)25(16-20)38-22-6-4-5-7-22)33-34(29(36)39-26)18-19-8-11-21(12-9-19)32-28(35)23-17-30-14-15-31-23/h8-17,22,26H,3-7,18H2,1-2H3,(H,32,35). The van der Waals surface area contributed by atoms with E-state index in [1.165, 1.54) is 48.2 Å². The number of hydrazone groups is 1. The summed E-state index contributed by atoms with van der Waals surface area (Å²) < 4.78 is 11.9. The van der Waals surface area contributed by atoms with Crippen molar-refractivity contribution in [1.82, 2.24) is 15.0 Å². The van der Waals surface area contributed by atoms with Gasteiger partial charge < -0.3 is 14.8 Å². The van der Waals surface area contributed by atoms with Gasteiger partial charge in [0.2, 0.25) is 0 Å². The molecular formula is C29H31N5O4S. The molecule has 3 aromatic rings. The number of hydrogen-bond donors (Lipinski definition) is 1. The largest absolute Gasteiger partial charge is 0.493 e. The van der Waals surface area contributed by atoms with E-state index in [4.69, 9.17) is 14.6 Å². The Labute approximate surface area is 232 Å². The molecule has 1 saturated carbocycles. The number of hydrogen-bond acceptors (Lipinski definition) is 8. The molecule has 0 spiro atoms.